The monoisotopic (exact) mass is 265 g/mol. The van der Waals surface area contributed by atoms with Crippen LogP contribution in [-0.2, 0) is 4.79 Å². The molecule has 1 N–H and O–H groups in total. The summed E-state index contributed by atoms with van der Waals surface area (Å²) < 4.78 is 4.92. The zero-order valence-electron chi connectivity index (χ0n) is 9.46. The summed E-state index contributed by atoms with van der Waals surface area (Å²) >= 11 is 1.27. The molecule has 6 nitrogen and oxygen atoms in total. The van der Waals surface area contributed by atoms with Crippen LogP contribution in [0.2, 0.25) is 0 Å². The van der Waals surface area contributed by atoms with Crippen LogP contribution >= 0.6 is 11.8 Å². The number of hydrazone groups is 1. The van der Waals surface area contributed by atoms with Gasteiger partial charge < -0.3 is 4.42 Å². The minimum absolute atomic E-state index is 0.0501. The van der Waals surface area contributed by atoms with Crippen molar-refractivity contribution in [2.45, 2.75) is 0 Å². The molecule has 94 valence electrons. The van der Waals surface area contributed by atoms with Gasteiger partial charge in [-0.15, -0.1) is 11.7 Å². The zero-order chi connectivity index (χ0) is 13.0. The van der Waals surface area contributed by atoms with E-state index in [9.17, 15) is 9.59 Å². The number of rotatable bonds is 4. The molecule has 2 amide bonds. The molecule has 2 heterocycles. The Bertz CT molecular complexity index is 496. The van der Waals surface area contributed by atoms with Crippen LogP contribution in [0.5, 0.6) is 0 Å². The fourth-order valence-corrected chi connectivity index (χ4v) is 2.20. The fourth-order valence-electron chi connectivity index (χ4n) is 1.35. The number of amides is 2. The van der Waals surface area contributed by atoms with Gasteiger partial charge in [-0.1, -0.05) is 17.8 Å². The molecule has 1 aliphatic heterocycles. The van der Waals surface area contributed by atoms with Crippen LogP contribution < -0.4 is 5.43 Å². The number of hydrogen-bond acceptors (Lipinski definition) is 5. The molecule has 1 aliphatic rings. The summed E-state index contributed by atoms with van der Waals surface area (Å²) in [6, 6.07) is 3.14. The van der Waals surface area contributed by atoms with Crippen LogP contribution in [0.1, 0.15) is 10.6 Å². The quantitative estimate of drug-likeness (QED) is 0.652. The molecule has 1 aromatic heterocycles. The third-order valence-electron chi connectivity index (χ3n) is 2.17. The van der Waals surface area contributed by atoms with Crippen molar-refractivity contribution in [3.63, 3.8) is 0 Å². The summed E-state index contributed by atoms with van der Waals surface area (Å²) in [6.45, 7) is 3.94. The minimum Gasteiger partial charge on any atom is -0.459 e. The standard InChI is InChI=1S/C11H11N3O3S/c1-2-5-14-9(15)7-18-11(14)13-12-10(16)8-4-3-6-17-8/h2-4,6H,1,5,7H2,(H,12,16)/b13-11+. The largest absolute Gasteiger partial charge is 0.459 e. The Morgan fingerprint density at radius 3 is 3.22 bits per heavy atom. The van der Waals surface area contributed by atoms with Gasteiger partial charge in [0, 0.05) is 6.54 Å². The van der Waals surface area contributed by atoms with Crippen molar-refractivity contribution in [1.29, 1.82) is 0 Å². The lowest BCUT2D eigenvalue weighted by Gasteiger charge is -2.12. The highest BCUT2D eigenvalue weighted by molar-refractivity contribution is 8.15. The van der Waals surface area contributed by atoms with Gasteiger partial charge in [0.05, 0.1) is 12.0 Å². The SMILES string of the molecule is C=CCN1C(=O)CS/C1=N/NC(=O)c1ccco1. The number of amidine groups is 1. The molecule has 7 heteroatoms. The number of thioether (sulfide) groups is 1. The molecular formula is C11H11N3O3S. The topological polar surface area (TPSA) is 74.9 Å². The van der Waals surface area contributed by atoms with E-state index in [2.05, 4.69) is 17.1 Å². The number of nitrogens with one attached hydrogen (secondary N) is 1. The first-order chi connectivity index (χ1) is 8.72. The van der Waals surface area contributed by atoms with Crippen molar-refractivity contribution in [1.82, 2.24) is 10.3 Å². The van der Waals surface area contributed by atoms with E-state index >= 15 is 0 Å². The molecular weight excluding hydrogens is 254 g/mol. The lowest BCUT2D eigenvalue weighted by Crippen LogP contribution is -2.31. The maximum atomic E-state index is 11.6. The Labute approximate surface area is 108 Å². The molecule has 0 aliphatic carbocycles. The number of carbonyl (C=O) groups is 2. The smallest absolute Gasteiger partial charge is 0.307 e. The van der Waals surface area contributed by atoms with E-state index in [1.807, 2.05) is 0 Å². The first-order valence-corrected chi connectivity index (χ1v) is 6.16. The maximum absolute atomic E-state index is 11.6. The van der Waals surface area contributed by atoms with E-state index in [-0.39, 0.29) is 11.7 Å². The molecule has 0 aromatic carbocycles. The van der Waals surface area contributed by atoms with Crippen LogP contribution in [0, 0.1) is 0 Å². The second kappa shape index (κ2) is 5.54. The predicted molar refractivity (Wildman–Crippen MR) is 68.0 cm³/mol. The van der Waals surface area contributed by atoms with E-state index in [4.69, 9.17) is 4.42 Å². The summed E-state index contributed by atoms with van der Waals surface area (Å²) in [5.74, 6) is -0.00984. The van der Waals surface area contributed by atoms with Gasteiger partial charge in [0.2, 0.25) is 5.91 Å². The number of hydrogen-bond donors (Lipinski definition) is 1. The van der Waals surface area contributed by atoms with Crippen molar-refractivity contribution >= 4 is 28.7 Å². The lowest BCUT2D eigenvalue weighted by atomic mass is 10.4. The van der Waals surface area contributed by atoms with Crippen LogP contribution in [0.15, 0.2) is 40.6 Å². The van der Waals surface area contributed by atoms with Gasteiger partial charge in [0.15, 0.2) is 10.9 Å². The van der Waals surface area contributed by atoms with Crippen molar-refractivity contribution < 1.29 is 14.0 Å². The van der Waals surface area contributed by atoms with E-state index < -0.39 is 5.91 Å². The Kier molecular flexibility index (Phi) is 3.83. The third kappa shape index (κ3) is 2.62. The van der Waals surface area contributed by atoms with Gasteiger partial charge in [0.1, 0.15) is 0 Å². The molecule has 1 saturated heterocycles. The summed E-state index contributed by atoms with van der Waals surface area (Å²) in [5, 5.41) is 4.37. The molecule has 0 spiro atoms. The van der Waals surface area contributed by atoms with Crippen molar-refractivity contribution in [2.75, 3.05) is 12.3 Å². The molecule has 0 bridgehead atoms. The maximum Gasteiger partial charge on any atom is 0.307 e. The first kappa shape index (κ1) is 12.4. The second-order valence-electron chi connectivity index (χ2n) is 3.39. The lowest BCUT2D eigenvalue weighted by molar-refractivity contribution is -0.123. The van der Waals surface area contributed by atoms with Crippen LogP contribution in [0.3, 0.4) is 0 Å². The Morgan fingerprint density at radius 2 is 2.56 bits per heavy atom. The number of furan rings is 1. The van der Waals surface area contributed by atoms with Gasteiger partial charge in [-0.2, -0.15) is 0 Å². The van der Waals surface area contributed by atoms with E-state index in [0.717, 1.165) is 0 Å². The van der Waals surface area contributed by atoms with E-state index in [0.29, 0.717) is 17.5 Å². The molecule has 1 aromatic rings. The highest BCUT2D eigenvalue weighted by Crippen LogP contribution is 2.18. The Morgan fingerprint density at radius 1 is 1.72 bits per heavy atom. The molecule has 0 radical (unpaired) electrons. The Balaban J connectivity index is 2.02. The summed E-state index contributed by atoms with van der Waals surface area (Å²) in [4.78, 5) is 24.5. The molecule has 0 atom stereocenters. The number of carbonyl (C=O) groups excluding carboxylic acids is 2. The normalized spacial score (nSPS) is 17.2. The third-order valence-corrected chi connectivity index (χ3v) is 3.13. The van der Waals surface area contributed by atoms with Gasteiger partial charge in [0.25, 0.3) is 0 Å². The highest BCUT2D eigenvalue weighted by Gasteiger charge is 2.27. The van der Waals surface area contributed by atoms with E-state index in [1.165, 1.54) is 29.0 Å². The zero-order valence-corrected chi connectivity index (χ0v) is 10.3. The summed E-state index contributed by atoms with van der Waals surface area (Å²) in [7, 11) is 0. The van der Waals surface area contributed by atoms with Gasteiger partial charge >= 0.3 is 5.91 Å². The summed E-state index contributed by atoms with van der Waals surface area (Å²) in [6.07, 6.45) is 3.01. The molecule has 18 heavy (non-hydrogen) atoms. The number of nitrogens with zero attached hydrogens (tertiary/aromatic N) is 2. The predicted octanol–water partition coefficient (Wildman–Crippen LogP) is 1.04. The van der Waals surface area contributed by atoms with E-state index in [1.54, 1.807) is 12.1 Å². The first-order valence-electron chi connectivity index (χ1n) is 5.18. The molecule has 0 unspecified atom stereocenters. The second-order valence-corrected chi connectivity index (χ2v) is 4.34. The average molecular weight is 265 g/mol. The van der Waals surface area contributed by atoms with Crippen molar-refractivity contribution in [2.24, 2.45) is 5.10 Å². The van der Waals surface area contributed by atoms with Gasteiger partial charge in [-0.3, -0.25) is 14.5 Å². The van der Waals surface area contributed by atoms with Crippen LogP contribution in [0.25, 0.3) is 0 Å². The average Bonchev–Trinajstić information content (AvgIpc) is 2.99. The van der Waals surface area contributed by atoms with Crippen LogP contribution in [0.4, 0.5) is 0 Å². The molecule has 2 rings (SSSR count). The van der Waals surface area contributed by atoms with Crippen molar-refractivity contribution in [3.05, 3.63) is 36.8 Å². The molecule has 0 saturated carbocycles. The molecule has 1 fully saturated rings. The van der Waals surface area contributed by atoms with Crippen LogP contribution in [-0.4, -0.2) is 34.2 Å². The highest BCUT2D eigenvalue weighted by atomic mass is 32.2. The minimum atomic E-state index is -0.453. The summed E-state index contributed by atoms with van der Waals surface area (Å²) in [5.41, 5.74) is 2.34. The van der Waals surface area contributed by atoms with Gasteiger partial charge in [-0.05, 0) is 12.1 Å². The Hall–Kier alpha value is -2.02. The van der Waals surface area contributed by atoms with Gasteiger partial charge in [-0.25, -0.2) is 5.43 Å². The fraction of sp³-hybridized carbons (Fsp3) is 0.182. The van der Waals surface area contributed by atoms with Crippen molar-refractivity contribution in [3.8, 4) is 0 Å².